The van der Waals surface area contributed by atoms with E-state index in [-0.39, 0.29) is 0 Å². The molecule has 0 unspecified atom stereocenters. The van der Waals surface area contributed by atoms with E-state index in [4.69, 9.17) is 5.26 Å². The zero-order valence-corrected chi connectivity index (χ0v) is 9.63. The second-order valence-corrected chi connectivity index (χ2v) is 4.18. The highest BCUT2D eigenvalue weighted by Gasteiger charge is 2.20. The van der Waals surface area contributed by atoms with E-state index < -0.39 is 0 Å². The zero-order valence-electron chi connectivity index (χ0n) is 9.63. The SMILES string of the molecule is C=C(CNC1CC1)CN(CC)CCC#N. The summed E-state index contributed by atoms with van der Waals surface area (Å²) in [7, 11) is 0. The van der Waals surface area contributed by atoms with Crippen LogP contribution in [0.25, 0.3) is 0 Å². The molecule has 3 heteroatoms. The number of hydrogen-bond donors (Lipinski definition) is 1. The first-order valence-corrected chi connectivity index (χ1v) is 5.75. The van der Waals surface area contributed by atoms with Gasteiger partial charge in [0.2, 0.25) is 0 Å². The molecule has 0 spiro atoms. The van der Waals surface area contributed by atoms with E-state index in [1.807, 2.05) is 0 Å². The lowest BCUT2D eigenvalue weighted by Gasteiger charge is -2.20. The molecular weight excluding hydrogens is 186 g/mol. The predicted molar refractivity (Wildman–Crippen MR) is 62.5 cm³/mol. The quantitative estimate of drug-likeness (QED) is 0.613. The van der Waals surface area contributed by atoms with Crippen LogP contribution in [0.4, 0.5) is 0 Å². The minimum Gasteiger partial charge on any atom is -0.310 e. The van der Waals surface area contributed by atoms with Gasteiger partial charge in [0.25, 0.3) is 0 Å². The van der Waals surface area contributed by atoms with Crippen molar-refractivity contribution in [2.45, 2.75) is 32.2 Å². The Labute approximate surface area is 92.8 Å². The third-order valence-corrected chi connectivity index (χ3v) is 2.65. The van der Waals surface area contributed by atoms with Crippen molar-refractivity contribution in [3.8, 4) is 6.07 Å². The van der Waals surface area contributed by atoms with E-state index in [1.165, 1.54) is 18.4 Å². The highest BCUT2D eigenvalue weighted by molar-refractivity contribution is 5.01. The first-order chi connectivity index (χ1) is 7.26. The molecule has 1 fully saturated rings. The Morgan fingerprint density at radius 2 is 2.33 bits per heavy atom. The molecule has 3 nitrogen and oxygen atoms in total. The van der Waals surface area contributed by atoms with E-state index in [0.717, 1.165) is 32.2 Å². The summed E-state index contributed by atoms with van der Waals surface area (Å²) in [4.78, 5) is 2.26. The van der Waals surface area contributed by atoms with Gasteiger partial charge in [0.05, 0.1) is 6.07 Å². The summed E-state index contributed by atoms with van der Waals surface area (Å²) in [6, 6.07) is 2.93. The van der Waals surface area contributed by atoms with Crippen molar-refractivity contribution in [3.63, 3.8) is 0 Å². The smallest absolute Gasteiger partial charge is 0.0635 e. The summed E-state index contributed by atoms with van der Waals surface area (Å²) in [6.45, 7) is 9.87. The topological polar surface area (TPSA) is 39.1 Å². The molecule has 0 atom stereocenters. The Morgan fingerprint density at radius 3 is 2.87 bits per heavy atom. The van der Waals surface area contributed by atoms with E-state index in [1.54, 1.807) is 0 Å². The molecule has 0 amide bonds. The van der Waals surface area contributed by atoms with Gasteiger partial charge in [-0.25, -0.2) is 0 Å². The first-order valence-electron chi connectivity index (χ1n) is 5.75. The van der Waals surface area contributed by atoms with E-state index in [2.05, 4.69) is 29.8 Å². The molecule has 84 valence electrons. The van der Waals surface area contributed by atoms with Gasteiger partial charge in [0, 0.05) is 32.1 Å². The lowest BCUT2D eigenvalue weighted by atomic mass is 10.2. The standard InChI is InChI=1S/C12H21N3/c1-3-15(8-4-7-13)10-11(2)9-14-12-5-6-12/h12,14H,2-6,8-10H2,1H3. The molecule has 0 saturated heterocycles. The van der Waals surface area contributed by atoms with Crippen molar-refractivity contribution in [1.82, 2.24) is 10.2 Å². The summed E-state index contributed by atoms with van der Waals surface area (Å²) in [5.74, 6) is 0. The molecule has 0 aromatic carbocycles. The fourth-order valence-corrected chi connectivity index (χ4v) is 1.51. The summed E-state index contributed by atoms with van der Waals surface area (Å²) in [5, 5.41) is 12.0. The van der Waals surface area contributed by atoms with E-state index in [9.17, 15) is 0 Å². The molecule has 15 heavy (non-hydrogen) atoms. The summed E-state index contributed by atoms with van der Waals surface area (Å²) < 4.78 is 0. The summed E-state index contributed by atoms with van der Waals surface area (Å²) in [5.41, 5.74) is 1.22. The van der Waals surface area contributed by atoms with Crippen LogP contribution in [-0.4, -0.2) is 37.1 Å². The lowest BCUT2D eigenvalue weighted by Crippen LogP contribution is -2.30. The molecule has 0 aromatic heterocycles. The average Bonchev–Trinajstić information content (AvgIpc) is 3.05. The molecule has 0 aromatic rings. The van der Waals surface area contributed by atoms with Crippen molar-refractivity contribution in [2.75, 3.05) is 26.2 Å². The van der Waals surface area contributed by atoms with Crippen LogP contribution in [0.15, 0.2) is 12.2 Å². The van der Waals surface area contributed by atoms with Gasteiger partial charge in [-0.05, 0) is 25.0 Å². The Kier molecular flexibility index (Phi) is 5.38. The molecule has 1 aliphatic rings. The van der Waals surface area contributed by atoms with E-state index in [0.29, 0.717) is 6.42 Å². The molecule has 0 bridgehead atoms. The molecule has 1 N–H and O–H groups in total. The largest absolute Gasteiger partial charge is 0.310 e. The fraction of sp³-hybridized carbons (Fsp3) is 0.750. The van der Waals surface area contributed by atoms with Crippen molar-refractivity contribution in [3.05, 3.63) is 12.2 Å². The van der Waals surface area contributed by atoms with Gasteiger partial charge in [-0.2, -0.15) is 5.26 Å². The van der Waals surface area contributed by atoms with Crippen LogP contribution in [-0.2, 0) is 0 Å². The van der Waals surface area contributed by atoms with Crippen LogP contribution in [0, 0.1) is 11.3 Å². The lowest BCUT2D eigenvalue weighted by molar-refractivity contribution is 0.317. The maximum Gasteiger partial charge on any atom is 0.0635 e. The van der Waals surface area contributed by atoms with Gasteiger partial charge in [-0.1, -0.05) is 13.5 Å². The number of nitriles is 1. The van der Waals surface area contributed by atoms with Crippen molar-refractivity contribution in [1.29, 1.82) is 5.26 Å². The first kappa shape index (κ1) is 12.2. The molecule has 0 heterocycles. The number of likely N-dealkylation sites (N-methyl/N-ethyl adjacent to an activating group) is 1. The fourth-order valence-electron chi connectivity index (χ4n) is 1.51. The Hall–Kier alpha value is -0.850. The van der Waals surface area contributed by atoms with Crippen LogP contribution in [0.1, 0.15) is 26.2 Å². The zero-order chi connectivity index (χ0) is 11.1. The van der Waals surface area contributed by atoms with Crippen molar-refractivity contribution >= 4 is 0 Å². The third-order valence-electron chi connectivity index (χ3n) is 2.65. The van der Waals surface area contributed by atoms with Gasteiger partial charge < -0.3 is 5.32 Å². The molecule has 0 aliphatic heterocycles. The van der Waals surface area contributed by atoms with Crippen LogP contribution in [0.2, 0.25) is 0 Å². The second-order valence-electron chi connectivity index (χ2n) is 4.18. The Balaban J connectivity index is 2.11. The highest BCUT2D eigenvalue weighted by Crippen LogP contribution is 2.18. The normalized spacial score (nSPS) is 15.3. The summed E-state index contributed by atoms with van der Waals surface area (Å²) >= 11 is 0. The monoisotopic (exact) mass is 207 g/mol. The van der Waals surface area contributed by atoms with Gasteiger partial charge in [0.15, 0.2) is 0 Å². The molecule has 1 aliphatic carbocycles. The minimum absolute atomic E-state index is 0.608. The predicted octanol–water partition coefficient (Wildman–Crippen LogP) is 1.53. The maximum absolute atomic E-state index is 8.52. The highest BCUT2D eigenvalue weighted by atomic mass is 15.1. The molecule has 0 radical (unpaired) electrons. The van der Waals surface area contributed by atoms with Crippen LogP contribution >= 0.6 is 0 Å². The molecule has 1 rings (SSSR count). The average molecular weight is 207 g/mol. The Bertz CT molecular complexity index is 238. The maximum atomic E-state index is 8.52. The minimum atomic E-state index is 0.608. The third kappa shape index (κ3) is 5.56. The van der Waals surface area contributed by atoms with Gasteiger partial charge in [-0.15, -0.1) is 0 Å². The van der Waals surface area contributed by atoms with Crippen LogP contribution in [0.5, 0.6) is 0 Å². The Morgan fingerprint density at radius 1 is 1.60 bits per heavy atom. The second kappa shape index (κ2) is 6.60. The molecular formula is C12H21N3. The number of nitrogens with zero attached hydrogens (tertiary/aromatic N) is 2. The van der Waals surface area contributed by atoms with Gasteiger partial charge >= 0.3 is 0 Å². The number of rotatable bonds is 8. The van der Waals surface area contributed by atoms with Gasteiger partial charge in [0.1, 0.15) is 0 Å². The molecule has 1 saturated carbocycles. The van der Waals surface area contributed by atoms with Crippen LogP contribution in [0.3, 0.4) is 0 Å². The number of nitrogens with one attached hydrogen (secondary N) is 1. The van der Waals surface area contributed by atoms with E-state index >= 15 is 0 Å². The number of hydrogen-bond acceptors (Lipinski definition) is 3. The van der Waals surface area contributed by atoms with Gasteiger partial charge in [-0.3, -0.25) is 4.90 Å². The van der Waals surface area contributed by atoms with Crippen molar-refractivity contribution in [2.24, 2.45) is 0 Å². The van der Waals surface area contributed by atoms with Crippen LogP contribution < -0.4 is 5.32 Å². The van der Waals surface area contributed by atoms with Crippen molar-refractivity contribution < 1.29 is 0 Å². The summed E-state index contributed by atoms with van der Waals surface area (Å²) in [6.07, 6.45) is 3.25.